The van der Waals surface area contributed by atoms with Crippen LogP contribution in [0.3, 0.4) is 0 Å². The lowest BCUT2D eigenvalue weighted by Crippen LogP contribution is -2.17. The van der Waals surface area contributed by atoms with Crippen molar-refractivity contribution in [3.8, 4) is 11.5 Å². The third-order valence-electron chi connectivity index (χ3n) is 5.04. The molecule has 0 amide bonds. The van der Waals surface area contributed by atoms with Gasteiger partial charge in [-0.1, -0.05) is 40.0 Å². The van der Waals surface area contributed by atoms with Crippen molar-refractivity contribution in [2.24, 2.45) is 0 Å². The minimum absolute atomic E-state index is 0.0430. The van der Waals surface area contributed by atoms with E-state index in [1.165, 1.54) is 14.2 Å². The standard InChI is InChI=1S/C22H32O7/c1-6-9-10-11-12-15-13(7-2)14(8-3)16(20(29-5)18(15)23)19(28-4)17(21(24)25)22(26)27/h23H,6-12H2,1-5H3,(H,24,25)(H,26,27). The highest BCUT2D eigenvalue weighted by Gasteiger charge is 2.31. The van der Waals surface area contributed by atoms with E-state index in [-0.39, 0.29) is 22.8 Å². The Morgan fingerprint density at radius 3 is 1.86 bits per heavy atom. The first-order valence-corrected chi connectivity index (χ1v) is 9.99. The monoisotopic (exact) mass is 408 g/mol. The molecule has 29 heavy (non-hydrogen) atoms. The average Bonchev–Trinajstić information content (AvgIpc) is 2.68. The summed E-state index contributed by atoms with van der Waals surface area (Å²) in [5.41, 5.74) is 1.65. The number of carbonyl (C=O) groups is 2. The molecule has 0 bridgehead atoms. The number of methoxy groups -OCH3 is 2. The van der Waals surface area contributed by atoms with Gasteiger partial charge in [0, 0.05) is 5.56 Å². The highest BCUT2D eigenvalue weighted by atomic mass is 16.5. The summed E-state index contributed by atoms with van der Waals surface area (Å²) < 4.78 is 10.7. The average molecular weight is 408 g/mol. The summed E-state index contributed by atoms with van der Waals surface area (Å²) in [6.45, 7) is 5.97. The highest BCUT2D eigenvalue weighted by molar-refractivity contribution is 6.18. The van der Waals surface area contributed by atoms with Gasteiger partial charge >= 0.3 is 11.9 Å². The van der Waals surface area contributed by atoms with Gasteiger partial charge in [0.25, 0.3) is 0 Å². The topological polar surface area (TPSA) is 113 Å². The van der Waals surface area contributed by atoms with E-state index in [0.29, 0.717) is 19.3 Å². The number of carboxylic acid groups (broad SMARTS) is 2. The molecule has 0 unspecified atom stereocenters. The smallest absolute Gasteiger partial charge is 0.347 e. The molecule has 0 aliphatic heterocycles. The second-order valence-electron chi connectivity index (χ2n) is 6.73. The predicted molar refractivity (Wildman–Crippen MR) is 110 cm³/mol. The molecule has 7 heteroatoms. The number of aromatic hydroxyl groups is 1. The van der Waals surface area contributed by atoms with Crippen LogP contribution in [0.5, 0.6) is 11.5 Å². The lowest BCUT2D eigenvalue weighted by molar-refractivity contribution is -0.140. The molecule has 0 aliphatic rings. The van der Waals surface area contributed by atoms with Crippen molar-refractivity contribution in [3.05, 3.63) is 27.8 Å². The van der Waals surface area contributed by atoms with E-state index in [2.05, 4.69) is 6.92 Å². The Labute approximate surface area is 172 Å². The van der Waals surface area contributed by atoms with Crippen LogP contribution in [0.1, 0.15) is 68.7 Å². The molecule has 0 radical (unpaired) electrons. The van der Waals surface area contributed by atoms with Crippen LogP contribution >= 0.6 is 0 Å². The van der Waals surface area contributed by atoms with Gasteiger partial charge in [-0.2, -0.15) is 0 Å². The van der Waals surface area contributed by atoms with Crippen LogP contribution in [0.25, 0.3) is 5.76 Å². The van der Waals surface area contributed by atoms with E-state index in [1.54, 1.807) is 0 Å². The number of hydrogen-bond donors (Lipinski definition) is 3. The van der Waals surface area contributed by atoms with Crippen LogP contribution in [0, 0.1) is 0 Å². The molecule has 1 rings (SSSR count). The van der Waals surface area contributed by atoms with E-state index < -0.39 is 17.5 Å². The molecule has 0 aliphatic carbocycles. The molecule has 1 aromatic carbocycles. The Bertz CT molecular complexity index is 762. The Hall–Kier alpha value is -2.70. The second-order valence-corrected chi connectivity index (χ2v) is 6.73. The first-order chi connectivity index (χ1) is 13.8. The van der Waals surface area contributed by atoms with E-state index in [9.17, 15) is 24.9 Å². The normalized spacial score (nSPS) is 10.5. The van der Waals surface area contributed by atoms with Crippen molar-refractivity contribution in [1.29, 1.82) is 0 Å². The zero-order valence-corrected chi connectivity index (χ0v) is 17.9. The number of phenols is 1. The summed E-state index contributed by atoms with van der Waals surface area (Å²) in [5, 5.41) is 29.8. The van der Waals surface area contributed by atoms with Gasteiger partial charge in [-0.25, -0.2) is 9.59 Å². The highest BCUT2D eigenvalue weighted by Crippen LogP contribution is 2.45. The molecular weight excluding hydrogens is 376 g/mol. The van der Waals surface area contributed by atoms with Crippen molar-refractivity contribution < 1.29 is 34.4 Å². The quantitative estimate of drug-likeness (QED) is 0.156. The summed E-state index contributed by atoms with van der Waals surface area (Å²) in [6.07, 6.45) is 5.91. The molecule has 0 saturated carbocycles. The molecule has 0 atom stereocenters. The third-order valence-corrected chi connectivity index (χ3v) is 5.04. The minimum atomic E-state index is -1.63. The molecule has 0 aromatic heterocycles. The van der Waals surface area contributed by atoms with E-state index in [4.69, 9.17) is 9.47 Å². The third kappa shape index (κ3) is 5.22. The number of benzene rings is 1. The molecule has 0 heterocycles. The second kappa shape index (κ2) is 11.3. The van der Waals surface area contributed by atoms with Crippen LogP contribution < -0.4 is 4.74 Å². The first kappa shape index (κ1) is 24.3. The Kier molecular flexibility index (Phi) is 9.51. The van der Waals surface area contributed by atoms with Gasteiger partial charge in [0.1, 0.15) is 0 Å². The van der Waals surface area contributed by atoms with Crippen molar-refractivity contribution in [2.75, 3.05) is 14.2 Å². The number of rotatable bonds is 12. The van der Waals surface area contributed by atoms with Crippen molar-refractivity contribution in [2.45, 2.75) is 65.7 Å². The fourth-order valence-electron chi connectivity index (χ4n) is 3.74. The maximum absolute atomic E-state index is 11.6. The number of hydrogen-bond acceptors (Lipinski definition) is 5. The minimum Gasteiger partial charge on any atom is -0.504 e. The number of unbranched alkanes of at least 4 members (excludes halogenated alkanes) is 3. The predicted octanol–water partition coefficient (Wildman–Crippen LogP) is 4.18. The maximum atomic E-state index is 11.6. The van der Waals surface area contributed by atoms with Crippen molar-refractivity contribution in [1.82, 2.24) is 0 Å². The number of phenolic OH excluding ortho intramolecular Hbond substituents is 1. The van der Waals surface area contributed by atoms with Gasteiger partial charge in [-0.3, -0.25) is 0 Å². The molecule has 0 fully saturated rings. The lowest BCUT2D eigenvalue weighted by atomic mass is 9.86. The number of carboxylic acids is 2. The van der Waals surface area contributed by atoms with Crippen LogP contribution in [0.15, 0.2) is 5.57 Å². The summed E-state index contributed by atoms with van der Waals surface area (Å²) >= 11 is 0. The SMILES string of the molecule is CCCCCCc1c(O)c(OC)c(C(OC)=C(C(=O)O)C(=O)O)c(CC)c1CC. The van der Waals surface area contributed by atoms with Crippen LogP contribution in [-0.2, 0) is 33.6 Å². The van der Waals surface area contributed by atoms with Gasteiger partial charge < -0.3 is 24.8 Å². The maximum Gasteiger partial charge on any atom is 0.347 e. The van der Waals surface area contributed by atoms with Gasteiger partial charge in [-0.15, -0.1) is 0 Å². The Balaban J connectivity index is 3.88. The Morgan fingerprint density at radius 1 is 0.862 bits per heavy atom. The van der Waals surface area contributed by atoms with Gasteiger partial charge in [0.05, 0.1) is 19.8 Å². The molecule has 3 N–H and O–H groups in total. The first-order valence-electron chi connectivity index (χ1n) is 9.99. The largest absolute Gasteiger partial charge is 0.504 e. The zero-order valence-electron chi connectivity index (χ0n) is 17.9. The van der Waals surface area contributed by atoms with E-state index in [1.807, 2.05) is 13.8 Å². The van der Waals surface area contributed by atoms with Crippen molar-refractivity contribution in [3.63, 3.8) is 0 Å². The number of aliphatic carboxylic acids is 2. The lowest BCUT2D eigenvalue weighted by Gasteiger charge is -2.24. The van der Waals surface area contributed by atoms with Gasteiger partial charge in [-0.05, 0) is 36.8 Å². The summed E-state index contributed by atoms with van der Waals surface area (Å²) in [7, 11) is 2.57. The number of ether oxygens (including phenoxy) is 2. The molecular formula is C22H32O7. The summed E-state index contributed by atoms with van der Waals surface area (Å²) in [4.78, 5) is 23.2. The fraction of sp³-hybridized carbons (Fsp3) is 0.545. The fourth-order valence-corrected chi connectivity index (χ4v) is 3.74. The van der Waals surface area contributed by atoms with E-state index in [0.717, 1.165) is 42.4 Å². The summed E-state index contributed by atoms with van der Waals surface area (Å²) in [6, 6.07) is 0. The van der Waals surface area contributed by atoms with Crippen molar-refractivity contribution >= 4 is 17.7 Å². The summed E-state index contributed by atoms with van der Waals surface area (Å²) in [5.74, 6) is -3.63. The Morgan fingerprint density at radius 2 is 1.45 bits per heavy atom. The van der Waals surface area contributed by atoms with Crippen LogP contribution in [-0.4, -0.2) is 41.5 Å². The molecule has 0 spiro atoms. The van der Waals surface area contributed by atoms with E-state index >= 15 is 0 Å². The van der Waals surface area contributed by atoms with Gasteiger partial charge in [0.2, 0.25) is 0 Å². The van der Waals surface area contributed by atoms with Crippen LogP contribution in [0.2, 0.25) is 0 Å². The van der Waals surface area contributed by atoms with Crippen LogP contribution in [0.4, 0.5) is 0 Å². The molecule has 162 valence electrons. The molecule has 7 nitrogen and oxygen atoms in total. The van der Waals surface area contributed by atoms with Gasteiger partial charge in [0.15, 0.2) is 22.8 Å². The zero-order chi connectivity index (χ0) is 22.1. The molecule has 0 saturated heterocycles. The molecule has 1 aromatic rings.